The van der Waals surface area contributed by atoms with Gasteiger partial charge in [0.1, 0.15) is 12.0 Å². The van der Waals surface area contributed by atoms with E-state index in [-0.39, 0.29) is 5.78 Å². The van der Waals surface area contributed by atoms with Gasteiger partial charge in [-0.15, -0.1) is 0 Å². The van der Waals surface area contributed by atoms with Gasteiger partial charge in [0.05, 0.1) is 5.56 Å². The van der Waals surface area contributed by atoms with Crippen LogP contribution in [0.4, 0.5) is 0 Å². The third kappa shape index (κ3) is 2.76. The van der Waals surface area contributed by atoms with Crippen molar-refractivity contribution >= 4 is 5.78 Å². The van der Waals surface area contributed by atoms with Crippen LogP contribution in [0.2, 0.25) is 0 Å². The molecule has 0 saturated heterocycles. The molecule has 2 N–H and O–H groups in total. The zero-order valence-electron chi connectivity index (χ0n) is 10.2. The topological polar surface area (TPSA) is 52.3 Å². The fourth-order valence-corrected chi connectivity index (χ4v) is 1.70. The Hall–Kier alpha value is -2.13. The number of carbonyl (C=O) groups excluding carboxylic acids is 1. The molecule has 2 rings (SSSR count). The van der Waals surface area contributed by atoms with Gasteiger partial charge in [-0.3, -0.25) is 10.5 Å². The number of ketones is 1. The van der Waals surface area contributed by atoms with Crippen molar-refractivity contribution in [2.45, 2.75) is 13.2 Å². The van der Waals surface area contributed by atoms with Crippen LogP contribution in [0.3, 0.4) is 0 Å². The van der Waals surface area contributed by atoms with E-state index >= 15 is 0 Å². The molecule has 3 nitrogen and oxygen atoms in total. The highest BCUT2D eigenvalue weighted by Gasteiger charge is 2.14. The van der Waals surface area contributed by atoms with E-state index in [1.165, 1.54) is 0 Å². The Morgan fingerprint density at radius 1 is 1.06 bits per heavy atom. The monoisotopic (exact) mass is 241 g/mol. The van der Waals surface area contributed by atoms with Crippen LogP contribution in [0.15, 0.2) is 54.6 Å². The van der Waals surface area contributed by atoms with Gasteiger partial charge in [0, 0.05) is 5.56 Å². The minimum atomic E-state index is -0.449. The van der Waals surface area contributed by atoms with Gasteiger partial charge in [-0.05, 0) is 19.1 Å². The minimum absolute atomic E-state index is 0.0631. The van der Waals surface area contributed by atoms with Gasteiger partial charge in [0.15, 0.2) is 5.78 Å². The fraction of sp³-hybridized carbons (Fsp3) is 0.133. The van der Waals surface area contributed by atoms with E-state index in [1.54, 1.807) is 31.2 Å². The van der Waals surface area contributed by atoms with Gasteiger partial charge >= 0.3 is 0 Å². The summed E-state index contributed by atoms with van der Waals surface area (Å²) >= 11 is 0. The summed E-state index contributed by atoms with van der Waals surface area (Å²) in [6.45, 7) is 1.73. The maximum Gasteiger partial charge on any atom is 0.196 e. The van der Waals surface area contributed by atoms with E-state index in [9.17, 15) is 4.79 Å². The van der Waals surface area contributed by atoms with Crippen molar-refractivity contribution in [2.24, 2.45) is 5.73 Å². The Morgan fingerprint density at radius 3 is 2.33 bits per heavy atom. The lowest BCUT2D eigenvalue weighted by Crippen LogP contribution is -2.23. The highest BCUT2D eigenvalue weighted by molar-refractivity contribution is 6.10. The summed E-state index contributed by atoms with van der Waals surface area (Å²) in [5.41, 5.74) is 6.76. The quantitative estimate of drug-likeness (QED) is 0.661. The number of hydrogen-bond donors (Lipinski definition) is 1. The number of rotatable bonds is 4. The normalized spacial score (nSPS) is 11.9. The largest absolute Gasteiger partial charge is 0.475 e. The molecule has 0 spiro atoms. The molecule has 1 unspecified atom stereocenters. The van der Waals surface area contributed by atoms with Crippen LogP contribution >= 0.6 is 0 Å². The SMILES string of the molecule is CC(N)Oc1ccccc1C(=O)c1ccccc1. The third-order valence-corrected chi connectivity index (χ3v) is 2.48. The first-order valence-electron chi connectivity index (χ1n) is 5.79. The van der Waals surface area contributed by atoms with Crippen LogP contribution in [0.25, 0.3) is 0 Å². The Morgan fingerprint density at radius 2 is 1.67 bits per heavy atom. The van der Waals surface area contributed by atoms with Crippen molar-refractivity contribution < 1.29 is 9.53 Å². The molecule has 0 radical (unpaired) electrons. The Kier molecular flexibility index (Phi) is 3.75. The Balaban J connectivity index is 2.36. The molecular formula is C15H15NO2. The molecule has 1 atom stereocenters. The highest BCUT2D eigenvalue weighted by atomic mass is 16.5. The van der Waals surface area contributed by atoms with E-state index in [0.29, 0.717) is 16.9 Å². The van der Waals surface area contributed by atoms with Crippen molar-refractivity contribution in [1.29, 1.82) is 0 Å². The molecule has 0 aromatic heterocycles. The summed E-state index contributed by atoms with van der Waals surface area (Å²) < 4.78 is 5.44. The average molecular weight is 241 g/mol. The molecule has 0 aliphatic heterocycles. The van der Waals surface area contributed by atoms with Crippen LogP contribution < -0.4 is 10.5 Å². The molecule has 0 bridgehead atoms. The first kappa shape index (κ1) is 12.3. The van der Waals surface area contributed by atoms with Gasteiger partial charge in [-0.1, -0.05) is 42.5 Å². The smallest absolute Gasteiger partial charge is 0.196 e. The predicted molar refractivity (Wildman–Crippen MR) is 70.6 cm³/mol. The molecule has 92 valence electrons. The first-order chi connectivity index (χ1) is 8.68. The van der Waals surface area contributed by atoms with Crippen molar-refractivity contribution in [3.63, 3.8) is 0 Å². The first-order valence-corrected chi connectivity index (χ1v) is 5.79. The van der Waals surface area contributed by atoms with Crippen molar-refractivity contribution in [3.8, 4) is 5.75 Å². The lowest BCUT2D eigenvalue weighted by atomic mass is 10.0. The zero-order valence-corrected chi connectivity index (χ0v) is 10.2. The molecule has 0 aliphatic rings. The van der Waals surface area contributed by atoms with E-state index < -0.39 is 6.23 Å². The highest BCUT2D eigenvalue weighted by Crippen LogP contribution is 2.21. The third-order valence-electron chi connectivity index (χ3n) is 2.48. The summed E-state index contributed by atoms with van der Waals surface area (Å²) in [6.07, 6.45) is -0.449. The molecular weight excluding hydrogens is 226 g/mol. The number of hydrogen-bond acceptors (Lipinski definition) is 3. The lowest BCUT2D eigenvalue weighted by molar-refractivity contribution is 0.103. The molecule has 0 heterocycles. The van der Waals surface area contributed by atoms with Gasteiger partial charge in [0.2, 0.25) is 0 Å². The fourth-order valence-electron chi connectivity index (χ4n) is 1.70. The maximum absolute atomic E-state index is 12.3. The second kappa shape index (κ2) is 5.47. The molecule has 3 heteroatoms. The molecule has 0 fully saturated rings. The number of para-hydroxylation sites is 1. The van der Waals surface area contributed by atoms with Gasteiger partial charge in [0.25, 0.3) is 0 Å². The maximum atomic E-state index is 12.3. The van der Waals surface area contributed by atoms with Gasteiger partial charge in [-0.2, -0.15) is 0 Å². The number of nitrogens with two attached hydrogens (primary N) is 1. The molecule has 18 heavy (non-hydrogen) atoms. The summed E-state index contributed by atoms with van der Waals surface area (Å²) in [5, 5.41) is 0. The second-order valence-electron chi connectivity index (χ2n) is 4.01. The summed E-state index contributed by atoms with van der Waals surface area (Å²) in [5.74, 6) is 0.452. The summed E-state index contributed by atoms with van der Waals surface area (Å²) in [4.78, 5) is 12.3. The molecule has 0 amide bonds. The Labute approximate surface area is 106 Å². The van der Waals surface area contributed by atoms with E-state index in [0.717, 1.165) is 0 Å². The van der Waals surface area contributed by atoms with Crippen LogP contribution in [-0.4, -0.2) is 12.0 Å². The lowest BCUT2D eigenvalue weighted by Gasteiger charge is -2.13. The predicted octanol–water partition coefficient (Wildman–Crippen LogP) is 2.60. The molecule has 2 aromatic carbocycles. The average Bonchev–Trinajstić information content (AvgIpc) is 2.39. The van der Waals surface area contributed by atoms with Gasteiger partial charge in [-0.25, -0.2) is 0 Å². The van der Waals surface area contributed by atoms with Crippen LogP contribution in [0.5, 0.6) is 5.75 Å². The molecule has 0 saturated carbocycles. The number of ether oxygens (including phenoxy) is 1. The molecule has 0 aliphatic carbocycles. The van der Waals surface area contributed by atoms with E-state index in [4.69, 9.17) is 10.5 Å². The van der Waals surface area contributed by atoms with Gasteiger partial charge < -0.3 is 4.74 Å². The summed E-state index contributed by atoms with van der Waals surface area (Å²) in [6, 6.07) is 16.2. The van der Waals surface area contributed by atoms with Crippen molar-refractivity contribution in [3.05, 3.63) is 65.7 Å². The summed E-state index contributed by atoms with van der Waals surface area (Å²) in [7, 11) is 0. The number of benzene rings is 2. The minimum Gasteiger partial charge on any atom is -0.475 e. The standard InChI is InChI=1S/C15H15NO2/c1-11(16)18-14-10-6-5-9-13(14)15(17)12-7-3-2-4-8-12/h2-11H,16H2,1H3. The van der Waals surface area contributed by atoms with Crippen LogP contribution in [0.1, 0.15) is 22.8 Å². The van der Waals surface area contributed by atoms with E-state index in [2.05, 4.69) is 0 Å². The van der Waals surface area contributed by atoms with Crippen LogP contribution in [-0.2, 0) is 0 Å². The van der Waals surface area contributed by atoms with Crippen molar-refractivity contribution in [2.75, 3.05) is 0 Å². The van der Waals surface area contributed by atoms with E-state index in [1.807, 2.05) is 30.3 Å². The van der Waals surface area contributed by atoms with Crippen LogP contribution in [0, 0.1) is 0 Å². The van der Waals surface area contributed by atoms with Crippen molar-refractivity contribution in [1.82, 2.24) is 0 Å². The zero-order chi connectivity index (χ0) is 13.0. The number of carbonyl (C=O) groups is 1. The molecule has 2 aromatic rings. The second-order valence-corrected chi connectivity index (χ2v) is 4.01. The Bertz CT molecular complexity index is 535.